The van der Waals surface area contributed by atoms with Crippen LogP contribution in [0.3, 0.4) is 0 Å². The minimum Gasteiger partial charge on any atom is -0.308 e. The number of halogens is 2. The zero-order chi connectivity index (χ0) is 18.0. The van der Waals surface area contributed by atoms with Gasteiger partial charge in [-0.15, -0.1) is 11.3 Å². The molecule has 25 heavy (non-hydrogen) atoms. The highest BCUT2D eigenvalue weighted by molar-refractivity contribution is 7.17. The molecule has 128 valence electrons. The molecule has 0 saturated heterocycles. The van der Waals surface area contributed by atoms with Crippen molar-refractivity contribution >= 4 is 22.9 Å². The molecular formula is C18H15F2N3OS. The topological polar surface area (TPSA) is 46.1 Å². The molecule has 1 amide bonds. The average molecular weight is 359 g/mol. The van der Waals surface area contributed by atoms with Crippen LogP contribution < -0.4 is 4.90 Å². The van der Waals surface area contributed by atoms with Crippen LogP contribution in [-0.2, 0) is 0 Å². The van der Waals surface area contributed by atoms with Crippen molar-refractivity contribution in [2.45, 2.75) is 13.8 Å². The normalized spacial score (nSPS) is 10.7. The lowest BCUT2D eigenvalue weighted by Gasteiger charge is -2.20. The molecular weight excluding hydrogens is 344 g/mol. The molecule has 0 bridgehead atoms. The number of carbonyl (C=O) groups is 1. The van der Waals surface area contributed by atoms with E-state index in [2.05, 4.69) is 9.97 Å². The number of nitrogens with zero attached hydrogens (tertiary/aromatic N) is 3. The number of hydrogen-bond acceptors (Lipinski definition) is 4. The second-order valence-electron chi connectivity index (χ2n) is 5.30. The molecule has 1 aromatic carbocycles. The van der Waals surface area contributed by atoms with E-state index in [-0.39, 0.29) is 5.91 Å². The fourth-order valence-electron chi connectivity index (χ4n) is 2.41. The summed E-state index contributed by atoms with van der Waals surface area (Å²) in [5.41, 5.74) is 1.57. The van der Waals surface area contributed by atoms with Gasteiger partial charge in [0.1, 0.15) is 9.88 Å². The summed E-state index contributed by atoms with van der Waals surface area (Å²) in [7, 11) is 0. The van der Waals surface area contributed by atoms with E-state index in [1.807, 2.05) is 12.1 Å². The standard InChI is InChI=1S/C18H15F2N3OS/c1-3-23(12-7-8-13(19)14(20)10-12)18(24)16-11(2)22-17(25-16)15-6-4-5-9-21-15/h4-10H,3H2,1-2H3. The largest absolute Gasteiger partial charge is 0.308 e. The maximum absolute atomic E-state index is 13.5. The fraction of sp³-hybridized carbons (Fsp3) is 0.167. The quantitative estimate of drug-likeness (QED) is 0.691. The summed E-state index contributed by atoms with van der Waals surface area (Å²) in [4.78, 5) is 23.4. The van der Waals surface area contributed by atoms with Gasteiger partial charge in [-0.05, 0) is 38.1 Å². The van der Waals surface area contributed by atoms with E-state index in [0.29, 0.717) is 33.5 Å². The Kier molecular flexibility index (Phi) is 4.85. The lowest BCUT2D eigenvalue weighted by atomic mass is 10.2. The summed E-state index contributed by atoms with van der Waals surface area (Å²) >= 11 is 1.23. The number of aromatic nitrogens is 2. The van der Waals surface area contributed by atoms with Gasteiger partial charge in [0.05, 0.1) is 11.4 Å². The highest BCUT2D eigenvalue weighted by atomic mass is 32.1. The van der Waals surface area contributed by atoms with Gasteiger partial charge in [0.15, 0.2) is 11.6 Å². The lowest BCUT2D eigenvalue weighted by molar-refractivity contribution is 0.0991. The van der Waals surface area contributed by atoms with Gasteiger partial charge in [0.25, 0.3) is 5.91 Å². The Labute approximate surface area is 147 Å². The third-order valence-electron chi connectivity index (χ3n) is 3.65. The molecule has 0 aliphatic heterocycles. The molecule has 0 spiro atoms. The maximum atomic E-state index is 13.5. The zero-order valence-electron chi connectivity index (χ0n) is 13.7. The van der Waals surface area contributed by atoms with Gasteiger partial charge in [-0.25, -0.2) is 13.8 Å². The molecule has 0 atom stereocenters. The highest BCUT2D eigenvalue weighted by Crippen LogP contribution is 2.29. The number of carbonyl (C=O) groups excluding carboxylic acids is 1. The van der Waals surface area contributed by atoms with Crippen LogP contribution in [0.15, 0.2) is 42.6 Å². The molecule has 0 aliphatic carbocycles. The van der Waals surface area contributed by atoms with Crippen molar-refractivity contribution in [1.29, 1.82) is 0 Å². The summed E-state index contributed by atoms with van der Waals surface area (Å²) in [5.74, 6) is -2.23. The fourth-order valence-corrected chi connectivity index (χ4v) is 3.40. The number of pyridine rings is 1. The number of anilines is 1. The smallest absolute Gasteiger partial charge is 0.270 e. The van der Waals surface area contributed by atoms with Crippen LogP contribution in [0.25, 0.3) is 10.7 Å². The first-order valence-electron chi connectivity index (χ1n) is 7.67. The van der Waals surface area contributed by atoms with Crippen LogP contribution in [0, 0.1) is 18.6 Å². The second-order valence-corrected chi connectivity index (χ2v) is 6.30. The van der Waals surface area contributed by atoms with Crippen LogP contribution in [0.1, 0.15) is 22.3 Å². The van der Waals surface area contributed by atoms with Crippen LogP contribution in [0.2, 0.25) is 0 Å². The Balaban J connectivity index is 1.96. The van der Waals surface area contributed by atoms with E-state index in [0.717, 1.165) is 12.1 Å². The van der Waals surface area contributed by atoms with Crippen molar-refractivity contribution < 1.29 is 13.6 Å². The van der Waals surface area contributed by atoms with Gasteiger partial charge in [-0.1, -0.05) is 6.07 Å². The molecule has 0 unspecified atom stereocenters. The van der Waals surface area contributed by atoms with Gasteiger partial charge in [-0.3, -0.25) is 9.78 Å². The van der Waals surface area contributed by atoms with E-state index in [4.69, 9.17) is 0 Å². The molecule has 0 radical (unpaired) electrons. The Morgan fingerprint density at radius 2 is 2.00 bits per heavy atom. The highest BCUT2D eigenvalue weighted by Gasteiger charge is 2.23. The van der Waals surface area contributed by atoms with Gasteiger partial charge in [0.2, 0.25) is 0 Å². The van der Waals surface area contributed by atoms with E-state index in [9.17, 15) is 13.6 Å². The van der Waals surface area contributed by atoms with E-state index in [1.54, 1.807) is 26.1 Å². The molecule has 0 aliphatic rings. The molecule has 0 saturated carbocycles. The molecule has 7 heteroatoms. The maximum Gasteiger partial charge on any atom is 0.270 e. The second kappa shape index (κ2) is 7.06. The van der Waals surface area contributed by atoms with Crippen molar-refractivity contribution in [3.05, 3.63) is 64.8 Å². The van der Waals surface area contributed by atoms with Gasteiger partial charge < -0.3 is 4.90 Å². The summed E-state index contributed by atoms with van der Waals surface area (Å²) in [6.45, 7) is 3.84. The van der Waals surface area contributed by atoms with E-state index in [1.165, 1.54) is 22.3 Å². The van der Waals surface area contributed by atoms with Crippen molar-refractivity contribution in [3.8, 4) is 10.7 Å². The summed E-state index contributed by atoms with van der Waals surface area (Å²) < 4.78 is 26.7. The first kappa shape index (κ1) is 17.2. The molecule has 0 N–H and O–H groups in total. The molecule has 3 rings (SSSR count). The molecule has 2 aromatic heterocycles. The number of amides is 1. The first-order chi connectivity index (χ1) is 12.0. The Morgan fingerprint density at radius 1 is 1.20 bits per heavy atom. The van der Waals surface area contributed by atoms with Crippen LogP contribution in [0.5, 0.6) is 0 Å². The van der Waals surface area contributed by atoms with Gasteiger partial charge in [0, 0.05) is 24.5 Å². The molecule has 4 nitrogen and oxygen atoms in total. The van der Waals surface area contributed by atoms with E-state index >= 15 is 0 Å². The molecule has 2 heterocycles. The monoisotopic (exact) mass is 359 g/mol. The lowest BCUT2D eigenvalue weighted by Crippen LogP contribution is -2.30. The van der Waals surface area contributed by atoms with Gasteiger partial charge >= 0.3 is 0 Å². The summed E-state index contributed by atoms with van der Waals surface area (Å²) in [6, 6.07) is 8.89. The van der Waals surface area contributed by atoms with Crippen molar-refractivity contribution in [2.75, 3.05) is 11.4 Å². The average Bonchev–Trinajstić information content (AvgIpc) is 3.01. The van der Waals surface area contributed by atoms with Crippen molar-refractivity contribution in [3.63, 3.8) is 0 Å². The summed E-state index contributed by atoms with van der Waals surface area (Å²) in [5, 5.41) is 0.641. The van der Waals surface area contributed by atoms with Crippen LogP contribution in [0.4, 0.5) is 14.5 Å². The number of thiazole rings is 1. The summed E-state index contributed by atoms with van der Waals surface area (Å²) in [6.07, 6.45) is 1.66. The molecule has 0 fully saturated rings. The van der Waals surface area contributed by atoms with Crippen molar-refractivity contribution in [1.82, 2.24) is 9.97 Å². The Bertz CT molecular complexity index is 912. The number of hydrogen-bond donors (Lipinski definition) is 0. The number of benzene rings is 1. The SMILES string of the molecule is CCN(C(=O)c1sc(-c2ccccn2)nc1C)c1ccc(F)c(F)c1. The zero-order valence-corrected chi connectivity index (χ0v) is 14.5. The van der Waals surface area contributed by atoms with Gasteiger partial charge in [-0.2, -0.15) is 0 Å². The first-order valence-corrected chi connectivity index (χ1v) is 8.48. The Hall–Kier alpha value is -2.67. The Morgan fingerprint density at radius 3 is 2.64 bits per heavy atom. The number of rotatable bonds is 4. The van der Waals surface area contributed by atoms with Crippen LogP contribution in [-0.4, -0.2) is 22.4 Å². The third kappa shape index (κ3) is 3.41. The van der Waals surface area contributed by atoms with Crippen LogP contribution >= 0.6 is 11.3 Å². The van der Waals surface area contributed by atoms with Crippen molar-refractivity contribution in [2.24, 2.45) is 0 Å². The third-order valence-corrected chi connectivity index (χ3v) is 4.82. The molecule has 3 aromatic rings. The number of aryl methyl sites for hydroxylation is 1. The van der Waals surface area contributed by atoms with E-state index < -0.39 is 11.6 Å². The predicted octanol–water partition coefficient (Wildman–Crippen LogP) is 4.46. The predicted molar refractivity (Wildman–Crippen MR) is 93.8 cm³/mol. The minimum atomic E-state index is -0.987. The minimum absolute atomic E-state index is 0.300.